The highest BCUT2D eigenvalue weighted by molar-refractivity contribution is 5.92. The third kappa shape index (κ3) is 3.12. The van der Waals surface area contributed by atoms with Gasteiger partial charge in [0.15, 0.2) is 5.76 Å². The van der Waals surface area contributed by atoms with Crippen LogP contribution in [0.4, 0.5) is 0 Å². The van der Waals surface area contributed by atoms with Gasteiger partial charge in [-0.15, -0.1) is 12.4 Å². The molecule has 0 saturated carbocycles. The quantitative estimate of drug-likeness (QED) is 0.928. The summed E-state index contributed by atoms with van der Waals surface area (Å²) in [5.41, 5.74) is 6.87. The van der Waals surface area contributed by atoms with E-state index in [1.807, 2.05) is 24.8 Å². The number of likely N-dealkylation sites (tertiary alicyclic amines) is 1. The molecule has 1 amide bonds. The fourth-order valence-corrected chi connectivity index (χ4v) is 2.50. The van der Waals surface area contributed by atoms with E-state index in [1.54, 1.807) is 0 Å². The van der Waals surface area contributed by atoms with Crippen LogP contribution in [-0.4, -0.2) is 30.4 Å². The van der Waals surface area contributed by atoms with E-state index in [1.165, 1.54) is 0 Å². The number of nitrogens with two attached hydrogens (primary N) is 1. The van der Waals surface area contributed by atoms with Crippen molar-refractivity contribution in [3.63, 3.8) is 0 Å². The Kier molecular flexibility index (Phi) is 5.04. The van der Waals surface area contributed by atoms with Crippen molar-refractivity contribution >= 4 is 18.3 Å². The first kappa shape index (κ1) is 16.1. The number of carbonyl (C=O) groups is 1. The lowest BCUT2D eigenvalue weighted by Gasteiger charge is -2.21. The Hall–Kier alpha value is -1.00. The lowest BCUT2D eigenvalue weighted by Crippen LogP contribution is -2.34. The van der Waals surface area contributed by atoms with E-state index in [9.17, 15) is 4.79 Å². The van der Waals surface area contributed by atoms with E-state index in [0.29, 0.717) is 12.3 Å². The lowest BCUT2D eigenvalue weighted by molar-refractivity contribution is 0.0743. The van der Waals surface area contributed by atoms with Crippen molar-refractivity contribution in [1.29, 1.82) is 0 Å². The molecule has 0 aliphatic carbocycles. The highest BCUT2D eigenvalue weighted by atomic mass is 35.5. The van der Waals surface area contributed by atoms with Crippen LogP contribution in [0.3, 0.4) is 0 Å². The van der Waals surface area contributed by atoms with E-state index < -0.39 is 0 Å². The Morgan fingerprint density at radius 1 is 1.58 bits per heavy atom. The van der Waals surface area contributed by atoms with Gasteiger partial charge in [0.2, 0.25) is 0 Å². The number of rotatable bonds is 3. The van der Waals surface area contributed by atoms with Gasteiger partial charge in [-0.25, -0.2) is 0 Å². The van der Waals surface area contributed by atoms with Gasteiger partial charge in [0.1, 0.15) is 5.76 Å². The number of hydrogen-bond donors (Lipinski definition) is 1. The number of nitrogens with zero attached hydrogens (tertiary/aromatic N) is 1. The zero-order valence-corrected chi connectivity index (χ0v) is 12.7. The van der Waals surface area contributed by atoms with Crippen molar-refractivity contribution in [3.05, 3.63) is 23.2 Å². The first-order valence-corrected chi connectivity index (χ1v) is 6.58. The van der Waals surface area contributed by atoms with Gasteiger partial charge in [-0.05, 0) is 36.9 Å². The molecule has 2 heterocycles. The van der Waals surface area contributed by atoms with E-state index in [-0.39, 0.29) is 23.7 Å². The summed E-state index contributed by atoms with van der Waals surface area (Å²) < 4.78 is 5.62. The van der Waals surface area contributed by atoms with Crippen molar-refractivity contribution in [2.45, 2.75) is 33.6 Å². The maximum atomic E-state index is 12.3. The van der Waals surface area contributed by atoms with Crippen LogP contribution in [0, 0.1) is 12.3 Å². The summed E-state index contributed by atoms with van der Waals surface area (Å²) in [6, 6.07) is 1.85. The minimum atomic E-state index is -0.00465. The van der Waals surface area contributed by atoms with Crippen molar-refractivity contribution < 1.29 is 9.21 Å². The first-order valence-electron chi connectivity index (χ1n) is 6.58. The van der Waals surface area contributed by atoms with Gasteiger partial charge in [-0.3, -0.25) is 4.79 Å². The molecule has 5 heteroatoms. The molecular formula is C14H23ClN2O2. The number of halogens is 1. The molecule has 1 aromatic heterocycles. The Morgan fingerprint density at radius 3 is 2.74 bits per heavy atom. The average molecular weight is 287 g/mol. The summed E-state index contributed by atoms with van der Waals surface area (Å²) in [6.07, 6.45) is 1.79. The second-order valence-corrected chi connectivity index (χ2v) is 5.56. The van der Waals surface area contributed by atoms with Crippen molar-refractivity contribution in [1.82, 2.24) is 4.90 Å². The van der Waals surface area contributed by atoms with Gasteiger partial charge in [0, 0.05) is 19.5 Å². The van der Waals surface area contributed by atoms with Gasteiger partial charge in [0.25, 0.3) is 5.91 Å². The minimum absolute atomic E-state index is 0. The first-order chi connectivity index (χ1) is 8.49. The van der Waals surface area contributed by atoms with Crippen molar-refractivity contribution in [2.75, 3.05) is 19.6 Å². The zero-order chi connectivity index (χ0) is 13.3. The van der Waals surface area contributed by atoms with E-state index in [2.05, 4.69) is 6.92 Å². The second-order valence-electron chi connectivity index (χ2n) is 5.56. The zero-order valence-electron chi connectivity index (χ0n) is 11.9. The number of amides is 1. The molecule has 4 nitrogen and oxygen atoms in total. The van der Waals surface area contributed by atoms with Crippen LogP contribution in [0.2, 0.25) is 0 Å². The molecule has 19 heavy (non-hydrogen) atoms. The molecule has 2 rings (SSSR count). The molecule has 1 aromatic rings. The number of hydrogen-bond acceptors (Lipinski definition) is 3. The van der Waals surface area contributed by atoms with Crippen LogP contribution in [0.15, 0.2) is 10.5 Å². The third-order valence-electron chi connectivity index (χ3n) is 3.89. The highest BCUT2D eigenvalue weighted by Crippen LogP contribution is 2.30. The maximum Gasteiger partial charge on any atom is 0.289 e. The molecule has 1 saturated heterocycles. The van der Waals surface area contributed by atoms with Crippen LogP contribution in [-0.2, 0) is 6.42 Å². The standard InChI is InChI=1S/C14H22N2O2.ClH/c1-4-11-10(2)7-12(18-11)13(17)16-6-5-14(3,8-15)9-16;/h7H,4-6,8-9,15H2,1-3H3;1H. The van der Waals surface area contributed by atoms with Gasteiger partial charge in [-0.1, -0.05) is 13.8 Å². The number of carbonyl (C=O) groups excluding carboxylic acids is 1. The molecule has 1 atom stereocenters. The van der Waals surface area contributed by atoms with Crippen molar-refractivity contribution in [3.8, 4) is 0 Å². The molecule has 1 unspecified atom stereocenters. The molecule has 108 valence electrons. The summed E-state index contributed by atoms with van der Waals surface area (Å²) in [5.74, 6) is 1.36. The predicted molar refractivity (Wildman–Crippen MR) is 77.8 cm³/mol. The maximum absolute atomic E-state index is 12.3. The van der Waals surface area contributed by atoms with Crippen LogP contribution >= 0.6 is 12.4 Å². The summed E-state index contributed by atoms with van der Waals surface area (Å²) in [5, 5.41) is 0. The summed E-state index contributed by atoms with van der Waals surface area (Å²) in [6.45, 7) is 8.26. The second kappa shape index (κ2) is 5.97. The van der Waals surface area contributed by atoms with E-state index >= 15 is 0 Å². The summed E-state index contributed by atoms with van der Waals surface area (Å²) >= 11 is 0. The fourth-order valence-electron chi connectivity index (χ4n) is 2.50. The molecule has 0 spiro atoms. The third-order valence-corrected chi connectivity index (χ3v) is 3.89. The van der Waals surface area contributed by atoms with Gasteiger partial charge in [0.05, 0.1) is 0 Å². The predicted octanol–water partition coefficient (Wildman–Crippen LogP) is 2.38. The van der Waals surface area contributed by atoms with Crippen LogP contribution < -0.4 is 5.73 Å². The molecule has 2 N–H and O–H groups in total. The van der Waals surface area contributed by atoms with Gasteiger partial charge < -0.3 is 15.1 Å². The number of furan rings is 1. The summed E-state index contributed by atoms with van der Waals surface area (Å²) in [7, 11) is 0. The molecule has 0 aromatic carbocycles. The van der Waals surface area contributed by atoms with Crippen LogP contribution in [0.1, 0.15) is 42.1 Å². The average Bonchev–Trinajstić information content (AvgIpc) is 2.93. The topological polar surface area (TPSA) is 59.5 Å². The molecular weight excluding hydrogens is 264 g/mol. The van der Waals surface area contributed by atoms with Crippen LogP contribution in [0.5, 0.6) is 0 Å². The monoisotopic (exact) mass is 286 g/mol. The Bertz CT molecular complexity index is 458. The Labute approximate surface area is 120 Å². The van der Waals surface area contributed by atoms with E-state index in [4.69, 9.17) is 10.2 Å². The smallest absolute Gasteiger partial charge is 0.289 e. The SMILES string of the molecule is CCc1oc(C(=O)N2CCC(C)(CN)C2)cc1C.Cl. The largest absolute Gasteiger partial charge is 0.456 e. The molecule has 1 aliphatic heterocycles. The fraction of sp³-hybridized carbons (Fsp3) is 0.643. The number of aryl methyl sites for hydroxylation is 2. The van der Waals surface area contributed by atoms with Gasteiger partial charge in [-0.2, -0.15) is 0 Å². The van der Waals surface area contributed by atoms with Gasteiger partial charge >= 0.3 is 0 Å². The molecule has 1 aliphatic rings. The molecule has 0 radical (unpaired) electrons. The molecule has 1 fully saturated rings. The highest BCUT2D eigenvalue weighted by Gasteiger charge is 2.36. The normalized spacial score (nSPS) is 22.4. The van der Waals surface area contributed by atoms with E-state index in [0.717, 1.165) is 37.3 Å². The lowest BCUT2D eigenvalue weighted by atomic mass is 9.90. The Balaban J connectivity index is 0.00000180. The van der Waals surface area contributed by atoms with Crippen molar-refractivity contribution in [2.24, 2.45) is 11.1 Å². The minimum Gasteiger partial charge on any atom is -0.456 e. The summed E-state index contributed by atoms with van der Waals surface area (Å²) in [4.78, 5) is 14.2. The Morgan fingerprint density at radius 2 is 2.26 bits per heavy atom. The molecule has 0 bridgehead atoms. The van der Waals surface area contributed by atoms with Crippen LogP contribution in [0.25, 0.3) is 0 Å².